The SMILES string of the molecule is Cc1cc[n+](C)c(-c2c(C)ccc3c2oc2nc(C)ccc23)c1.Cc1ccc2c(oc3nc(C(C)(C)C)ccc32)c1-c1cccc[n+]1C.[2H]C([2H])([2H])C(C)(Cc1ccc2c(n1)oc1c(-c3cccc[n+]3C)c(C)ccc12)C([2H])([2H])[2H].[2H]C1([2H])CCCC([2H])([2H])C1([2H])c1ccc2c(n1)oc1c(-c3cccc[n+]3C)c(C)ccc12.[2H]C1([2H])CCCC1([2H])c1ccc2c(n1)oc1c(-c3cccc[n+]3C)c(C)ccc12. The molecule has 0 saturated heterocycles. The molecule has 15 heterocycles. The number of hydrogen-bond donors (Lipinski definition) is 0. The predicted molar refractivity (Wildman–Crippen MR) is 513 cm³/mol. The van der Waals surface area contributed by atoms with E-state index in [0.29, 0.717) is 76.8 Å². The third-order valence-corrected chi connectivity index (χ3v) is 24.3. The normalized spacial score (nSPS) is 17.7. The van der Waals surface area contributed by atoms with Gasteiger partial charge in [0.15, 0.2) is 58.9 Å². The van der Waals surface area contributed by atoms with Crippen molar-refractivity contribution in [2.24, 2.45) is 40.7 Å². The number of pyridine rings is 10. The van der Waals surface area contributed by atoms with E-state index in [4.69, 9.17) is 46.3 Å². The van der Waals surface area contributed by atoms with Gasteiger partial charge in [0.1, 0.15) is 35.2 Å². The van der Waals surface area contributed by atoms with Crippen molar-refractivity contribution in [1.82, 2.24) is 24.9 Å². The Morgan fingerprint density at radius 3 is 1.07 bits per heavy atom. The van der Waals surface area contributed by atoms with Gasteiger partial charge < -0.3 is 22.1 Å². The van der Waals surface area contributed by atoms with Crippen molar-refractivity contribution in [3.05, 3.63) is 299 Å². The number of furan rings is 5. The molecule has 1 unspecified atom stereocenters. The molecule has 0 spiro atoms. The lowest BCUT2D eigenvalue weighted by Crippen LogP contribution is -2.30. The molecule has 20 aromatic rings. The van der Waals surface area contributed by atoms with E-state index < -0.39 is 50.0 Å². The van der Waals surface area contributed by atoms with Crippen molar-refractivity contribution in [3.8, 4) is 56.3 Å². The molecule has 2 fully saturated rings. The lowest BCUT2D eigenvalue weighted by atomic mass is 9.86. The highest BCUT2D eigenvalue weighted by Gasteiger charge is 2.30. The second-order valence-corrected chi connectivity index (χ2v) is 35.1. The zero-order valence-electron chi connectivity index (χ0n) is 89.0. The summed E-state index contributed by atoms with van der Waals surface area (Å²) < 4.78 is 157. The molecule has 15 heteroatoms. The van der Waals surface area contributed by atoms with E-state index in [-0.39, 0.29) is 30.4 Å². The van der Waals surface area contributed by atoms with Gasteiger partial charge in [0.25, 0.3) is 0 Å². The van der Waals surface area contributed by atoms with Crippen LogP contribution in [0.15, 0.2) is 259 Å². The minimum atomic E-state index is -2.67. The summed E-state index contributed by atoms with van der Waals surface area (Å²) in [6, 6.07) is 68.3. The van der Waals surface area contributed by atoms with Crippen molar-refractivity contribution in [2.45, 2.75) is 171 Å². The Kier molecular flexibility index (Phi) is 18.7. The summed E-state index contributed by atoms with van der Waals surface area (Å²) in [7, 11) is 10.1. The maximum atomic E-state index is 8.96. The van der Waals surface area contributed by atoms with E-state index in [1.165, 1.54) is 23.6 Å². The first-order valence-corrected chi connectivity index (χ1v) is 43.5. The third-order valence-electron chi connectivity index (χ3n) is 24.3. The minimum absolute atomic E-state index is 0.00220. The third kappa shape index (κ3) is 16.7. The van der Waals surface area contributed by atoms with Crippen molar-refractivity contribution in [1.29, 1.82) is 0 Å². The monoisotopic (exact) mass is 1690 g/mol. The summed E-state index contributed by atoms with van der Waals surface area (Å²) in [6.45, 7) is 16.9. The van der Waals surface area contributed by atoms with Crippen LogP contribution in [0.3, 0.4) is 0 Å². The largest absolute Gasteiger partial charge is 0.437 e. The molecule has 638 valence electrons. The summed E-state index contributed by atoms with van der Waals surface area (Å²) in [6.07, 6.45) is 6.46. The molecule has 0 radical (unpaired) electrons. The van der Waals surface area contributed by atoms with Gasteiger partial charge in [-0.1, -0.05) is 134 Å². The minimum Gasteiger partial charge on any atom is -0.437 e. The van der Waals surface area contributed by atoms with Crippen LogP contribution in [0.1, 0.15) is 192 Å². The molecule has 0 amide bonds. The molecule has 1 atom stereocenters. The second-order valence-electron chi connectivity index (χ2n) is 35.1. The first-order chi connectivity index (χ1) is 66.6. The first-order valence-electron chi connectivity index (χ1n) is 50.5. The number of fused-ring (bicyclic) bond motifs is 15. The fourth-order valence-corrected chi connectivity index (χ4v) is 17.6. The van der Waals surface area contributed by atoms with E-state index in [9.17, 15) is 0 Å². The van der Waals surface area contributed by atoms with Gasteiger partial charge in [-0.25, -0.2) is 47.8 Å². The van der Waals surface area contributed by atoms with Crippen LogP contribution in [0.5, 0.6) is 0 Å². The smallest absolute Gasteiger partial charge is 0.227 e. The summed E-state index contributed by atoms with van der Waals surface area (Å²) in [5, 5.41) is 9.61. The zero-order chi connectivity index (χ0) is 101. The standard InChI is InChI=1S/C24H25N2O.C23H23N2O.C23H25N2O.C22H23N2O.C20H19N2O/c1-16-11-12-18-19-13-14-20(17-8-4-3-5-9-17)25-24(19)27-23(18)22(16)21-10-6-7-15-26(21)2;1-15-10-11-17-18-12-13-19(16-7-3-4-8-16)24-23(18)26-22(17)21(15)20-9-5-6-14-25(20)2;1-15-9-11-17-18-12-10-16(14-23(2,3)4)24-22(18)26-21(17)20(15)19-8-6-7-13-25(19)5;1-14-9-10-15-16-11-12-18(22(2,3)4)23-21(16)25-20(15)19(14)17-8-6-7-13-24(17)5;1-12-9-10-22(4)17(11-12)18-13(2)5-7-15-16-8-6-14(3)21-20(16)23-19(15)18/h6-7,10-15,17H,3-5,8-9H2,1-2H3;5-6,9-14,16H,3-4,7-8H2,1-2H3;6-13H,14H2,1-5H3;6-13H,1-5H3;5-11H,1-4H3/q5*+1/i8D2,9D2,17D;7D2,16D;2D3,3D3;;. The Hall–Kier alpha value is -13.4. The van der Waals surface area contributed by atoms with E-state index in [1.807, 2.05) is 167 Å². The van der Waals surface area contributed by atoms with Gasteiger partial charge in [-0.2, -0.15) is 0 Å². The molecule has 0 N–H and O–H groups in total. The van der Waals surface area contributed by atoms with Crippen molar-refractivity contribution < 1.29 is 64.1 Å². The summed E-state index contributed by atoms with van der Waals surface area (Å²) in [5.41, 5.74) is 24.9. The van der Waals surface area contributed by atoms with Crippen LogP contribution in [-0.4, -0.2) is 24.9 Å². The maximum absolute atomic E-state index is 8.96. The van der Waals surface area contributed by atoms with Gasteiger partial charge in [0.05, 0.1) is 27.8 Å². The predicted octanol–water partition coefficient (Wildman–Crippen LogP) is 26.1. The maximum Gasteiger partial charge on any atom is 0.227 e. The van der Waals surface area contributed by atoms with Gasteiger partial charge in [0.2, 0.25) is 57.0 Å². The number of nitrogens with zero attached hydrogens (tertiary/aromatic N) is 10. The Bertz CT molecular complexity index is 8320. The van der Waals surface area contributed by atoms with Crippen molar-refractivity contribution in [2.75, 3.05) is 0 Å². The van der Waals surface area contributed by atoms with Gasteiger partial charge in [-0.05, 0) is 204 Å². The Balaban J connectivity index is 0.000000117. The molecule has 15 aromatic heterocycles. The van der Waals surface area contributed by atoms with Gasteiger partial charge in [-0.15, -0.1) is 0 Å². The fraction of sp³-hybridized carbons (Fsp3) is 0.286. The number of aromatic nitrogens is 10. The topological polar surface area (TPSA) is 150 Å². The van der Waals surface area contributed by atoms with Gasteiger partial charge in [0, 0.05) is 179 Å². The Labute approximate surface area is 762 Å². The van der Waals surface area contributed by atoms with Crippen LogP contribution in [0.4, 0.5) is 0 Å². The number of rotatable bonds is 8. The molecular weight excluding hydrogens is 1570 g/mol. The average Bonchev–Trinajstić information content (AvgIpc) is 1.77. The van der Waals surface area contributed by atoms with Crippen LogP contribution < -0.4 is 22.8 Å². The van der Waals surface area contributed by atoms with Crippen LogP contribution in [0.25, 0.3) is 167 Å². The highest BCUT2D eigenvalue weighted by molar-refractivity contribution is 6.13. The lowest BCUT2D eigenvalue weighted by molar-refractivity contribution is -0.660. The van der Waals surface area contributed by atoms with Crippen molar-refractivity contribution in [3.63, 3.8) is 0 Å². The Morgan fingerprint density at radius 1 is 0.339 bits per heavy atom. The van der Waals surface area contributed by atoms with E-state index in [2.05, 4.69) is 194 Å². The molecule has 2 aliphatic carbocycles. The highest BCUT2D eigenvalue weighted by Crippen LogP contribution is 2.45. The zero-order valence-corrected chi connectivity index (χ0v) is 75.0. The first kappa shape index (κ1) is 68.9. The summed E-state index contributed by atoms with van der Waals surface area (Å²) in [5.74, 6) is -3.44. The van der Waals surface area contributed by atoms with E-state index in [1.54, 1.807) is 24.3 Å². The van der Waals surface area contributed by atoms with Crippen LogP contribution >= 0.6 is 0 Å². The quantitative estimate of drug-likeness (QED) is 0.135. The molecule has 0 aliphatic heterocycles. The molecule has 0 bridgehead atoms. The van der Waals surface area contributed by atoms with Gasteiger partial charge >= 0.3 is 0 Å². The second kappa shape index (κ2) is 34.5. The molecule has 2 saturated carbocycles. The van der Waals surface area contributed by atoms with Crippen LogP contribution in [0, 0.1) is 53.9 Å². The molecule has 5 aromatic carbocycles. The molecule has 15 nitrogen and oxygen atoms in total. The molecule has 22 rings (SSSR count). The van der Waals surface area contributed by atoms with E-state index in [0.717, 1.165) is 155 Å². The number of aryl methyl sites for hydroxylation is 12. The van der Waals surface area contributed by atoms with Crippen molar-refractivity contribution >= 4 is 110 Å². The van der Waals surface area contributed by atoms with Gasteiger partial charge in [-0.3, -0.25) is 0 Å². The highest BCUT2D eigenvalue weighted by atomic mass is 16.4. The molecule has 2 aliphatic rings. The molecule has 127 heavy (non-hydrogen) atoms. The molecular formula is C112H115N10O5+5. The fourth-order valence-electron chi connectivity index (χ4n) is 17.6. The Morgan fingerprint density at radius 2 is 0.677 bits per heavy atom. The number of benzene rings is 5. The van der Waals surface area contributed by atoms with Crippen LogP contribution in [0.2, 0.25) is 0 Å². The average molecular weight is 1700 g/mol. The summed E-state index contributed by atoms with van der Waals surface area (Å²) >= 11 is 0. The van der Waals surface area contributed by atoms with E-state index >= 15 is 0 Å². The summed E-state index contributed by atoms with van der Waals surface area (Å²) in [4.78, 5) is 23.1. The lowest BCUT2D eigenvalue weighted by Gasteiger charge is -2.20. The number of hydrogen-bond acceptors (Lipinski definition) is 10. The van der Waals surface area contributed by atoms with Crippen LogP contribution in [-0.2, 0) is 47.1 Å².